The van der Waals surface area contributed by atoms with E-state index in [1.807, 2.05) is 35.2 Å². The zero-order valence-electron chi connectivity index (χ0n) is 28.7. The summed E-state index contributed by atoms with van der Waals surface area (Å²) in [7, 11) is 0. The Morgan fingerprint density at radius 2 is 1.66 bits per heavy atom. The molecule has 2 heterocycles. The number of nitrogens with one attached hydrogen (secondary N) is 1. The van der Waals surface area contributed by atoms with Crippen molar-refractivity contribution in [3.8, 4) is 0 Å². The molecule has 1 saturated carbocycles. The zero-order valence-corrected chi connectivity index (χ0v) is 28.7. The summed E-state index contributed by atoms with van der Waals surface area (Å²) >= 11 is 0. The monoisotopic (exact) mass is 631 g/mol. The highest BCUT2D eigenvalue weighted by molar-refractivity contribution is 6.03. The van der Waals surface area contributed by atoms with Crippen LogP contribution < -0.4 is 5.32 Å². The highest BCUT2D eigenvalue weighted by Crippen LogP contribution is 2.30. The maximum atomic E-state index is 13.4. The number of aryl methyl sites for hydroxylation is 2. The fourth-order valence-electron chi connectivity index (χ4n) is 6.42. The molecule has 0 atom stereocenters. The van der Waals surface area contributed by atoms with Gasteiger partial charge in [-0.25, -0.2) is 9.78 Å². The Morgan fingerprint density at radius 3 is 2.34 bits per heavy atom. The van der Waals surface area contributed by atoms with Crippen molar-refractivity contribution in [2.24, 2.45) is 5.92 Å². The Hall–Kier alpha value is -4.39. The van der Waals surface area contributed by atoms with Crippen LogP contribution in [0.2, 0.25) is 0 Å². The van der Waals surface area contributed by atoms with Gasteiger partial charge in [-0.2, -0.15) is 0 Å². The first-order valence-corrected chi connectivity index (χ1v) is 17.3. The normalized spacial score (nSPS) is 13.6. The average Bonchev–Trinajstić information content (AvgIpc) is 3.39. The fraction of sp³-hybridized carbons (Fsp3) is 0.425. The second-order valence-electron chi connectivity index (χ2n) is 14.2. The third-order valence-electron chi connectivity index (χ3n) is 9.12. The van der Waals surface area contributed by atoms with Crippen molar-refractivity contribution in [2.45, 2.75) is 98.4 Å². The van der Waals surface area contributed by atoms with Crippen LogP contribution in [0.1, 0.15) is 88.0 Å². The molecule has 1 aliphatic rings. The van der Waals surface area contributed by atoms with Crippen LogP contribution in [0.15, 0.2) is 72.8 Å². The molecule has 0 radical (unpaired) electrons. The van der Waals surface area contributed by atoms with Crippen LogP contribution in [0.5, 0.6) is 0 Å². The number of pyridine rings is 1. The lowest BCUT2D eigenvalue weighted by Gasteiger charge is -2.32. The molecule has 0 saturated heterocycles. The lowest BCUT2D eigenvalue weighted by Crippen LogP contribution is -2.37. The number of nitrogens with zero attached hydrogens (tertiary/aromatic N) is 4. The third-order valence-corrected chi connectivity index (χ3v) is 9.12. The van der Waals surface area contributed by atoms with E-state index in [4.69, 9.17) is 14.7 Å². The minimum absolute atomic E-state index is 0.00855. The van der Waals surface area contributed by atoms with E-state index < -0.39 is 0 Å². The van der Waals surface area contributed by atoms with Crippen LogP contribution in [-0.4, -0.2) is 37.6 Å². The van der Waals surface area contributed by atoms with Gasteiger partial charge in [0.05, 0.1) is 16.7 Å². The number of aromatic nitrogens is 3. The van der Waals surface area contributed by atoms with Crippen molar-refractivity contribution in [3.63, 3.8) is 0 Å². The quantitative estimate of drug-likeness (QED) is 0.149. The number of ether oxygens (including phenoxy) is 1. The molecule has 0 aliphatic heterocycles. The molecule has 6 rings (SSSR count). The Morgan fingerprint density at radius 1 is 0.957 bits per heavy atom. The van der Waals surface area contributed by atoms with E-state index in [1.165, 1.54) is 24.8 Å². The number of imidazole rings is 1. The first kappa shape index (κ1) is 32.5. The Kier molecular flexibility index (Phi) is 9.81. The average molecular weight is 632 g/mol. The summed E-state index contributed by atoms with van der Waals surface area (Å²) in [5.74, 6) is 1.66. The van der Waals surface area contributed by atoms with E-state index >= 15 is 0 Å². The second-order valence-corrected chi connectivity index (χ2v) is 14.2. The van der Waals surface area contributed by atoms with Gasteiger partial charge in [0.2, 0.25) is 0 Å². The molecule has 47 heavy (non-hydrogen) atoms. The van der Waals surface area contributed by atoms with Crippen molar-refractivity contribution in [2.75, 3.05) is 11.9 Å². The van der Waals surface area contributed by atoms with Gasteiger partial charge in [-0.05, 0) is 87.8 Å². The molecular formula is C40H49N5O2. The summed E-state index contributed by atoms with van der Waals surface area (Å²) in [6.07, 6.45) is 6.50. The minimum atomic E-state index is -0.251. The van der Waals surface area contributed by atoms with Gasteiger partial charge in [-0.1, -0.05) is 74.4 Å². The fourth-order valence-corrected chi connectivity index (χ4v) is 6.42. The number of carbonyl (C=O) groups is 1. The summed E-state index contributed by atoms with van der Waals surface area (Å²) in [4.78, 5) is 25.2. The molecule has 7 nitrogen and oxygen atoms in total. The number of para-hydroxylation sites is 1. The topological polar surface area (TPSA) is 72.3 Å². The Balaban J connectivity index is 1.17. The van der Waals surface area contributed by atoms with Gasteiger partial charge in [-0.15, -0.1) is 0 Å². The summed E-state index contributed by atoms with van der Waals surface area (Å²) in [6, 6.07) is 25.2. The van der Waals surface area contributed by atoms with Crippen molar-refractivity contribution in [3.05, 3.63) is 101 Å². The molecule has 1 aliphatic carbocycles. The first-order valence-electron chi connectivity index (χ1n) is 17.3. The van der Waals surface area contributed by atoms with E-state index in [0.717, 1.165) is 82.6 Å². The minimum Gasteiger partial charge on any atom is -0.445 e. The van der Waals surface area contributed by atoms with Gasteiger partial charge >= 0.3 is 6.09 Å². The molecule has 2 aromatic heterocycles. The van der Waals surface area contributed by atoms with Crippen LogP contribution in [0, 0.1) is 12.8 Å². The zero-order chi connectivity index (χ0) is 33.0. The number of hydrogen-bond donors (Lipinski definition) is 1. The van der Waals surface area contributed by atoms with Crippen molar-refractivity contribution >= 4 is 33.7 Å². The van der Waals surface area contributed by atoms with Crippen LogP contribution in [0.25, 0.3) is 21.9 Å². The Bertz CT molecular complexity index is 1810. The first-order chi connectivity index (χ1) is 22.7. The van der Waals surface area contributed by atoms with Gasteiger partial charge < -0.3 is 19.5 Å². The van der Waals surface area contributed by atoms with Crippen LogP contribution >= 0.6 is 0 Å². The van der Waals surface area contributed by atoms with Crippen molar-refractivity contribution in [1.29, 1.82) is 0 Å². The summed E-state index contributed by atoms with van der Waals surface area (Å²) in [6.45, 7) is 13.0. The van der Waals surface area contributed by atoms with E-state index in [0.29, 0.717) is 12.5 Å². The molecule has 3 aromatic carbocycles. The summed E-state index contributed by atoms with van der Waals surface area (Å²) in [5, 5.41) is 4.62. The van der Waals surface area contributed by atoms with Gasteiger partial charge in [0, 0.05) is 42.7 Å². The highest BCUT2D eigenvalue weighted by Gasteiger charge is 2.25. The van der Waals surface area contributed by atoms with E-state index in [1.54, 1.807) is 0 Å². The number of unbranched alkanes of at least 4 members (excludes halogenated alkanes) is 1. The van der Waals surface area contributed by atoms with E-state index in [-0.39, 0.29) is 18.2 Å². The molecule has 246 valence electrons. The third kappa shape index (κ3) is 7.95. The number of anilines is 1. The van der Waals surface area contributed by atoms with Gasteiger partial charge in [0.1, 0.15) is 17.9 Å². The van der Waals surface area contributed by atoms with Crippen LogP contribution in [0.3, 0.4) is 0 Å². The number of benzene rings is 3. The number of hydrogen-bond acceptors (Lipinski definition) is 5. The SMILES string of the molecule is CCCCc1nc2c(C)nc3ccccc3c2n1Cc1ccc(CN(CC2CCC2)C(=O)OCc2ccc(NC(C)(C)C)cc2)cc1. The van der Waals surface area contributed by atoms with Gasteiger partial charge in [0.15, 0.2) is 0 Å². The molecule has 0 bridgehead atoms. The molecule has 1 fully saturated rings. The Labute approximate surface area is 279 Å². The summed E-state index contributed by atoms with van der Waals surface area (Å²) in [5.41, 5.74) is 8.48. The standard InChI is InChI=1S/C40H49N5O2/c1-6-7-15-36-42-37-28(2)41-35-14-9-8-13-34(35)38(37)45(36)26-31-18-16-30(17-19-31)25-44(24-29-11-10-12-29)39(46)47-27-32-20-22-33(23-21-32)43-40(3,4)5/h8-9,13-14,16-23,29,43H,6-7,10-12,15,24-27H2,1-5H3. The second kappa shape index (κ2) is 14.2. The lowest BCUT2D eigenvalue weighted by molar-refractivity contribution is 0.0802. The van der Waals surface area contributed by atoms with Crippen molar-refractivity contribution in [1.82, 2.24) is 19.4 Å². The molecular weight excluding hydrogens is 582 g/mol. The summed E-state index contributed by atoms with van der Waals surface area (Å²) < 4.78 is 8.24. The number of rotatable bonds is 12. The van der Waals surface area contributed by atoms with Gasteiger partial charge in [0.25, 0.3) is 0 Å². The molecule has 1 amide bonds. The smallest absolute Gasteiger partial charge is 0.410 e. The number of carbonyl (C=O) groups excluding carboxylic acids is 1. The maximum absolute atomic E-state index is 13.4. The molecule has 0 unspecified atom stereocenters. The molecule has 1 N–H and O–H groups in total. The predicted octanol–water partition coefficient (Wildman–Crippen LogP) is 9.43. The van der Waals surface area contributed by atoms with E-state index in [2.05, 4.69) is 87.0 Å². The lowest BCUT2D eigenvalue weighted by atomic mass is 9.85. The molecule has 0 spiro atoms. The maximum Gasteiger partial charge on any atom is 0.410 e. The van der Waals surface area contributed by atoms with Crippen molar-refractivity contribution < 1.29 is 9.53 Å². The van der Waals surface area contributed by atoms with Gasteiger partial charge in [-0.3, -0.25) is 4.98 Å². The van der Waals surface area contributed by atoms with Crippen LogP contribution in [0.4, 0.5) is 10.5 Å². The molecule has 5 aromatic rings. The molecule has 7 heteroatoms. The van der Waals surface area contributed by atoms with E-state index in [9.17, 15) is 4.79 Å². The number of fused-ring (bicyclic) bond motifs is 3. The largest absolute Gasteiger partial charge is 0.445 e. The highest BCUT2D eigenvalue weighted by atomic mass is 16.6. The number of amides is 1. The predicted molar refractivity (Wildman–Crippen MR) is 192 cm³/mol. The van der Waals surface area contributed by atoms with Crippen LogP contribution in [-0.2, 0) is 30.9 Å².